The molecule has 1 amide bonds. The predicted octanol–water partition coefficient (Wildman–Crippen LogP) is 1.99. The number of carbonyl (C=O) groups excluding carboxylic acids is 1. The Kier molecular flexibility index (Phi) is 5.79. The average molecular weight is 389 g/mol. The Bertz CT molecular complexity index is 913. The number of carbonyl (C=O) groups is 1. The van der Waals surface area contributed by atoms with Crippen LogP contribution in [0.3, 0.4) is 0 Å². The summed E-state index contributed by atoms with van der Waals surface area (Å²) >= 11 is 0. The first-order chi connectivity index (χ1) is 12.9. The van der Waals surface area contributed by atoms with Gasteiger partial charge in [0, 0.05) is 37.8 Å². The van der Waals surface area contributed by atoms with Crippen molar-refractivity contribution in [3.05, 3.63) is 54.1 Å². The highest BCUT2D eigenvalue weighted by atomic mass is 32.2. The van der Waals surface area contributed by atoms with Crippen LogP contribution in [0.4, 0.5) is 5.69 Å². The van der Waals surface area contributed by atoms with Crippen molar-refractivity contribution in [2.75, 3.05) is 32.1 Å². The molecule has 0 radical (unpaired) electrons. The van der Waals surface area contributed by atoms with Crippen LogP contribution in [0.5, 0.6) is 5.75 Å². The number of sulfonamides is 1. The maximum absolute atomic E-state index is 13.3. The number of nitrogens with one attached hydrogen (secondary N) is 2. The molecule has 144 valence electrons. The van der Waals surface area contributed by atoms with Gasteiger partial charge in [0.1, 0.15) is 5.75 Å². The summed E-state index contributed by atoms with van der Waals surface area (Å²) in [6.45, 7) is 2.85. The second-order valence-corrected chi connectivity index (χ2v) is 8.17. The first-order valence-corrected chi connectivity index (χ1v) is 10.1. The van der Waals surface area contributed by atoms with Gasteiger partial charge in [-0.15, -0.1) is 0 Å². The third-order valence-electron chi connectivity index (χ3n) is 4.47. The van der Waals surface area contributed by atoms with Gasteiger partial charge >= 0.3 is 0 Å². The number of methoxy groups -OCH3 is 1. The van der Waals surface area contributed by atoms with Crippen LogP contribution in [-0.4, -0.2) is 45.4 Å². The molecular formula is C19H23N3O4S. The Hall–Kier alpha value is -2.42. The largest absolute Gasteiger partial charge is 0.496 e. The predicted molar refractivity (Wildman–Crippen MR) is 103 cm³/mol. The minimum atomic E-state index is -3.70. The van der Waals surface area contributed by atoms with Crippen molar-refractivity contribution < 1.29 is 17.9 Å². The summed E-state index contributed by atoms with van der Waals surface area (Å²) in [5, 5.41) is 5.90. The van der Waals surface area contributed by atoms with Crippen LogP contribution >= 0.6 is 0 Å². The molecule has 0 spiro atoms. The number of hydrogen-bond acceptors (Lipinski definition) is 5. The van der Waals surface area contributed by atoms with Crippen LogP contribution in [0.2, 0.25) is 0 Å². The van der Waals surface area contributed by atoms with Crippen molar-refractivity contribution >= 4 is 21.6 Å². The third-order valence-corrected chi connectivity index (χ3v) is 6.40. The van der Waals surface area contributed by atoms with E-state index >= 15 is 0 Å². The number of benzene rings is 2. The molecule has 2 N–H and O–H groups in total. The number of hydrogen-bond donors (Lipinski definition) is 2. The molecule has 1 aliphatic rings. The van der Waals surface area contributed by atoms with Gasteiger partial charge in [0.15, 0.2) is 0 Å². The summed E-state index contributed by atoms with van der Waals surface area (Å²) in [6.07, 6.45) is 0. The Balaban J connectivity index is 1.94. The van der Waals surface area contributed by atoms with E-state index in [-0.39, 0.29) is 16.8 Å². The highest BCUT2D eigenvalue weighted by Crippen LogP contribution is 2.34. The molecule has 3 rings (SSSR count). The zero-order chi connectivity index (χ0) is 19.4. The Labute approximate surface area is 159 Å². The SMILES string of the molecule is COc1ccccc1C1CNCCN1S(=O)(=O)c1ccc(NC(C)=O)cc1. The van der Waals surface area contributed by atoms with E-state index < -0.39 is 10.0 Å². The van der Waals surface area contributed by atoms with E-state index in [1.807, 2.05) is 24.3 Å². The Morgan fingerprint density at radius 2 is 1.89 bits per heavy atom. The lowest BCUT2D eigenvalue weighted by atomic mass is 10.0. The lowest BCUT2D eigenvalue weighted by molar-refractivity contribution is -0.114. The fourth-order valence-electron chi connectivity index (χ4n) is 3.23. The summed E-state index contributed by atoms with van der Waals surface area (Å²) in [5.41, 5.74) is 1.38. The van der Waals surface area contributed by atoms with Crippen molar-refractivity contribution in [2.24, 2.45) is 0 Å². The first-order valence-electron chi connectivity index (χ1n) is 8.66. The number of piperazine rings is 1. The van der Waals surface area contributed by atoms with Crippen LogP contribution < -0.4 is 15.4 Å². The Morgan fingerprint density at radius 3 is 2.56 bits per heavy atom. The molecule has 1 saturated heterocycles. The molecule has 2 aromatic carbocycles. The van der Waals surface area contributed by atoms with Crippen LogP contribution in [-0.2, 0) is 14.8 Å². The van der Waals surface area contributed by atoms with Crippen molar-refractivity contribution in [2.45, 2.75) is 17.9 Å². The second kappa shape index (κ2) is 8.08. The normalized spacial score (nSPS) is 18.1. The number of para-hydroxylation sites is 1. The fraction of sp³-hybridized carbons (Fsp3) is 0.316. The van der Waals surface area contributed by atoms with Crippen molar-refractivity contribution in [3.8, 4) is 5.75 Å². The van der Waals surface area contributed by atoms with E-state index in [9.17, 15) is 13.2 Å². The van der Waals surface area contributed by atoms with Gasteiger partial charge in [-0.2, -0.15) is 4.31 Å². The number of nitrogens with zero attached hydrogens (tertiary/aromatic N) is 1. The number of ether oxygens (including phenoxy) is 1. The van der Waals surface area contributed by atoms with Crippen LogP contribution in [0, 0.1) is 0 Å². The minimum absolute atomic E-state index is 0.193. The van der Waals surface area contributed by atoms with Gasteiger partial charge in [0.25, 0.3) is 0 Å². The van der Waals surface area contributed by atoms with E-state index in [0.717, 1.165) is 5.56 Å². The van der Waals surface area contributed by atoms with Gasteiger partial charge in [0.2, 0.25) is 15.9 Å². The molecule has 1 atom stereocenters. The molecule has 1 unspecified atom stereocenters. The Morgan fingerprint density at radius 1 is 1.19 bits per heavy atom. The summed E-state index contributed by atoms with van der Waals surface area (Å²) < 4.78 is 33.5. The van der Waals surface area contributed by atoms with Crippen LogP contribution in [0.1, 0.15) is 18.5 Å². The van der Waals surface area contributed by atoms with E-state index in [0.29, 0.717) is 31.1 Å². The number of rotatable bonds is 5. The highest BCUT2D eigenvalue weighted by molar-refractivity contribution is 7.89. The van der Waals surface area contributed by atoms with Gasteiger partial charge < -0.3 is 15.4 Å². The van der Waals surface area contributed by atoms with Crippen LogP contribution in [0.25, 0.3) is 0 Å². The van der Waals surface area contributed by atoms with E-state index in [1.165, 1.54) is 23.4 Å². The number of anilines is 1. The molecule has 7 nitrogen and oxygen atoms in total. The van der Waals surface area contributed by atoms with E-state index in [4.69, 9.17) is 4.74 Å². The van der Waals surface area contributed by atoms with Gasteiger partial charge in [-0.3, -0.25) is 4.79 Å². The molecular weight excluding hydrogens is 366 g/mol. The molecule has 2 aromatic rings. The van der Waals surface area contributed by atoms with Crippen molar-refractivity contribution in [1.29, 1.82) is 0 Å². The number of amides is 1. The lowest BCUT2D eigenvalue weighted by Crippen LogP contribution is -2.48. The summed E-state index contributed by atoms with van der Waals surface area (Å²) in [4.78, 5) is 11.3. The average Bonchev–Trinajstić information content (AvgIpc) is 2.68. The van der Waals surface area contributed by atoms with Crippen LogP contribution in [0.15, 0.2) is 53.4 Å². The maximum atomic E-state index is 13.3. The van der Waals surface area contributed by atoms with E-state index in [2.05, 4.69) is 10.6 Å². The fourth-order valence-corrected chi connectivity index (χ4v) is 4.83. The second-order valence-electron chi connectivity index (χ2n) is 6.28. The van der Waals surface area contributed by atoms with Gasteiger partial charge in [-0.1, -0.05) is 18.2 Å². The molecule has 1 fully saturated rings. The molecule has 27 heavy (non-hydrogen) atoms. The standard InChI is InChI=1S/C19H23N3O4S/c1-14(23)21-15-7-9-16(10-8-15)27(24,25)22-12-11-20-13-18(22)17-5-3-4-6-19(17)26-2/h3-10,18,20H,11-13H2,1-2H3,(H,21,23). The quantitative estimate of drug-likeness (QED) is 0.817. The summed E-state index contributed by atoms with van der Waals surface area (Å²) in [5.74, 6) is 0.455. The van der Waals surface area contributed by atoms with Gasteiger partial charge in [-0.05, 0) is 30.3 Å². The summed E-state index contributed by atoms with van der Waals surface area (Å²) in [6, 6.07) is 13.3. The van der Waals surface area contributed by atoms with Crippen molar-refractivity contribution in [1.82, 2.24) is 9.62 Å². The molecule has 0 saturated carbocycles. The maximum Gasteiger partial charge on any atom is 0.243 e. The topological polar surface area (TPSA) is 87.7 Å². The smallest absolute Gasteiger partial charge is 0.243 e. The molecule has 1 heterocycles. The van der Waals surface area contributed by atoms with Crippen molar-refractivity contribution in [3.63, 3.8) is 0 Å². The summed E-state index contributed by atoms with van der Waals surface area (Å²) in [7, 11) is -2.13. The lowest BCUT2D eigenvalue weighted by Gasteiger charge is -2.36. The zero-order valence-corrected chi connectivity index (χ0v) is 16.1. The molecule has 8 heteroatoms. The molecule has 0 bridgehead atoms. The van der Waals surface area contributed by atoms with Gasteiger partial charge in [-0.25, -0.2) is 8.42 Å². The monoisotopic (exact) mass is 389 g/mol. The van der Waals surface area contributed by atoms with Gasteiger partial charge in [0.05, 0.1) is 18.0 Å². The molecule has 0 aliphatic carbocycles. The molecule has 0 aromatic heterocycles. The van der Waals surface area contributed by atoms with E-state index in [1.54, 1.807) is 19.2 Å². The first kappa shape index (κ1) is 19.3. The highest BCUT2D eigenvalue weighted by Gasteiger charge is 2.35. The molecule has 1 aliphatic heterocycles. The minimum Gasteiger partial charge on any atom is -0.496 e. The zero-order valence-electron chi connectivity index (χ0n) is 15.3. The third kappa shape index (κ3) is 4.13.